The zero-order valence-corrected chi connectivity index (χ0v) is 16.1. The zero-order chi connectivity index (χ0) is 19.4. The van der Waals surface area contributed by atoms with Gasteiger partial charge in [0.25, 0.3) is 5.91 Å². The molecule has 0 radical (unpaired) electrons. The minimum atomic E-state index is -3.09. The average Bonchev–Trinajstić information content (AvgIpc) is 3.02. The maximum absolute atomic E-state index is 12.5. The number of nitrogens with zero attached hydrogens (tertiary/aromatic N) is 1. The standard InChI is InChI=1S/C20H23NO5S/c1-2-10-21(18-9-11-27(24,25)14-18)19(22)13-26-20(23)17-8-7-15-5-3-4-6-16(15)12-17/h3-8,12,18H,2,9-11,13-14H2,1H3. The third kappa shape index (κ3) is 4.66. The zero-order valence-electron chi connectivity index (χ0n) is 15.3. The summed E-state index contributed by atoms with van der Waals surface area (Å²) in [4.78, 5) is 26.4. The summed E-state index contributed by atoms with van der Waals surface area (Å²) < 4.78 is 28.6. The molecule has 0 aromatic heterocycles. The number of fused-ring (bicyclic) bond motifs is 1. The average molecular weight is 389 g/mol. The van der Waals surface area contributed by atoms with E-state index in [1.807, 2.05) is 37.3 Å². The molecule has 7 heteroatoms. The Morgan fingerprint density at radius 1 is 1.15 bits per heavy atom. The van der Waals surface area contributed by atoms with Crippen LogP contribution in [-0.4, -0.2) is 55.9 Å². The largest absolute Gasteiger partial charge is 0.452 e. The fourth-order valence-corrected chi connectivity index (χ4v) is 5.11. The molecule has 1 atom stereocenters. The van der Waals surface area contributed by atoms with Crippen molar-refractivity contribution in [3.63, 3.8) is 0 Å². The topological polar surface area (TPSA) is 80.8 Å². The minimum Gasteiger partial charge on any atom is -0.452 e. The molecule has 1 aliphatic rings. The van der Waals surface area contributed by atoms with E-state index in [2.05, 4.69) is 0 Å². The molecule has 3 rings (SSSR count). The molecule has 0 saturated carbocycles. The molecule has 27 heavy (non-hydrogen) atoms. The summed E-state index contributed by atoms with van der Waals surface area (Å²) >= 11 is 0. The van der Waals surface area contributed by atoms with Gasteiger partial charge in [0.1, 0.15) is 0 Å². The number of amides is 1. The Labute approximate surface area is 159 Å². The lowest BCUT2D eigenvalue weighted by molar-refractivity contribution is -0.136. The molecular formula is C20H23NO5S. The third-order valence-corrected chi connectivity index (χ3v) is 6.50. The van der Waals surface area contributed by atoms with Gasteiger partial charge in [0.2, 0.25) is 0 Å². The number of benzene rings is 2. The molecule has 1 unspecified atom stereocenters. The van der Waals surface area contributed by atoms with Crippen molar-refractivity contribution < 1.29 is 22.7 Å². The lowest BCUT2D eigenvalue weighted by Crippen LogP contribution is -2.43. The van der Waals surface area contributed by atoms with Gasteiger partial charge >= 0.3 is 5.97 Å². The number of ether oxygens (including phenoxy) is 1. The van der Waals surface area contributed by atoms with E-state index in [4.69, 9.17) is 4.74 Å². The Kier molecular flexibility index (Phi) is 5.79. The Hall–Kier alpha value is -2.41. The summed E-state index contributed by atoms with van der Waals surface area (Å²) in [6.07, 6.45) is 1.15. The normalized spacial score (nSPS) is 18.3. The first-order valence-electron chi connectivity index (χ1n) is 9.05. The lowest BCUT2D eigenvalue weighted by atomic mass is 10.1. The molecule has 1 heterocycles. The van der Waals surface area contributed by atoms with E-state index in [0.29, 0.717) is 24.9 Å². The van der Waals surface area contributed by atoms with E-state index in [9.17, 15) is 18.0 Å². The van der Waals surface area contributed by atoms with Gasteiger partial charge in [-0.05, 0) is 35.7 Å². The Morgan fingerprint density at radius 3 is 2.56 bits per heavy atom. The van der Waals surface area contributed by atoms with Crippen LogP contribution in [0, 0.1) is 0 Å². The van der Waals surface area contributed by atoms with Crippen molar-refractivity contribution in [2.45, 2.75) is 25.8 Å². The van der Waals surface area contributed by atoms with Crippen LogP contribution in [0.5, 0.6) is 0 Å². The summed E-state index contributed by atoms with van der Waals surface area (Å²) in [7, 11) is -3.09. The quantitative estimate of drug-likeness (QED) is 0.709. The van der Waals surface area contributed by atoms with Crippen LogP contribution in [0.15, 0.2) is 42.5 Å². The number of sulfone groups is 1. The number of rotatable bonds is 6. The maximum Gasteiger partial charge on any atom is 0.338 e. The Balaban J connectivity index is 1.64. The second-order valence-corrected chi connectivity index (χ2v) is 9.01. The highest BCUT2D eigenvalue weighted by molar-refractivity contribution is 7.91. The predicted octanol–water partition coefficient (Wildman–Crippen LogP) is 2.42. The summed E-state index contributed by atoms with van der Waals surface area (Å²) in [6, 6.07) is 12.6. The SMILES string of the molecule is CCCN(C(=O)COC(=O)c1ccc2ccccc2c1)C1CCS(=O)(=O)C1. The van der Waals surface area contributed by atoms with Crippen LogP contribution < -0.4 is 0 Å². The lowest BCUT2D eigenvalue weighted by Gasteiger charge is -2.27. The van der Waals surface area contributed by atoms with Crippen LogP contribution >= 0.6 is 0 Å². The van der Waals surface area contributed by atoms with E-state index in [-0.39, 0.29) is 30.1 Å². The first kappa shape index (κ1) is 19.4. The molecule has 1 amide bonds. The third-order valence-electron chi connectivity index (χ3n) is 4.75. The molecule has 144 valence electrons. The molecule has 0 N–H and O–H groups in total. The summed E-state index contributed by atoms with van der Waals surface area (Å²) in [5, 5.41) is 1.93. The molecule has 0 aliphatic carbocycles. The second kappa shape index (κ2) is 8.08. The summed E-state index contributed by atoms with van der Waals surface area (Å²) in [6.45, 7) is 1.99. The molecule has 0 spiro atoms. The van der Waals surface area contributed by atoms with Gasteiger partial charge in [-0.3, -0.25) is 4.79 Å². The number of hydrogen-bond donors (Lipinski definition) is 0. The van der Waals surface area contributed by atoms with Crippen molar-refractivity contribution in [1.82, 2.24) is 4.90 Å². The fraction of sp³-hybridized carbons (Fsp3) is 0.400. The van der Waals surface area contributed by atoms with Gasteiger partial charge in [0, 0.05) is 12.6 Å². The highest BCUT2D eigenvalue weighted by atomic mass is 32.2. The van der Waals surface area contributed by atoms with Crippen LogP contribution in [0.1, 0.15) is 30.1 Å². The molecule has 2 aromatic rings. The van der Waals surface area contributed by atoms with Gasteiger partial charge in [0.05, 0.1) is 17.1 Å². The van der Waals surface area contributed by atoms with Crippen molar-refractivity contribution in [3.8, 4) is 0 Å². The molecule has 6 nitrogen and oxygen atoms in total. The highest BCUT2D eigenvalue weighted by Gasteiger charge is 2.34. The first-order chi connectivity index (χ1) is 12.9. The Bertz CT molecular complexity index is 954. The fourth-order valence-electron chi connectivity index (χ4n) is 3.38. The van der Waals surface area contributed by atoms with Crippen molar-refractivity contribution in [1.29, 1.82) is 0 Å². The molecule has 1 aliphatic heterocycles. The highest BCUT2D eigenvalue weighted by Crippen LogP contribution is 2.19. The van der Waals surface area contributed by atoms with E-state index in [1.165, 1.54) is 4.90 Å². The van der Waals surface area contributed by atoms with Crippen molar-refractivity contribution in [3.05, 3.63) is 48.0 Å². The van der Waals surface area contributed by atoms with Gasteiger partial charge in [-0.25, -0.2) is 13.2 Å². The van der Waals surface area contributed by atoms with Gasteiger partial charge < -0.3 is 9.64 Å². The van der Waals surface area contributed by atoms with Crippen LogP contribution in [0.2, 0.25) is 0 Å². The summed E-state index contributed by atoms with van der Waals surface area (Å²) in [5.41, 5.74) is 0.381. The summed E-state index contributed by atoms with van der Waals surface area (Å²) in [5.74, 6) is -0.836. The van der Waals surface area contributed by atoms with Crippen molar-refractivity contribution in [2.75, 3.05) is 24.7 Å². The van der Waals surface area contributed by atoms with E-state index in [0.717, 1.165) is 10.8 Å². The van der Waals surface area contributed by atoms with Gasteiger partial charge in [0.15, 0.2) is 16.4 Å². The Morgan fingerprint density at radius 2 is 1.89 bits per heavy atom. The number of esters is 1. The predicted molar refractivity (Wildman–Crippen MR) is 103 cm³/mol. The van der Waals surface area contributed by atoms with Crippen LogP contribution in [-0.2, 0) is 19.4 Å². The van der Waals surface area contributed by atoms with Crippen molar-refractivity contribution in [2.24, 2.45) is 0 Å². The van der Waals surface area contributed by atoms with Crippen molar-refractivity contribution >= 4 is 32.5 Å². The maximum atomic E-state index is 12.5. The molecule has 1 saturated heterocycles. The minimum absolute atomic E-state index is 0.0165. The van der Waals surface area contributed by atoms with Crippen LogP contribution in [0.3, 0.4) is 0 Å². The number of carbonyl (C=O) groups excluding carboxylic acids is 2. The number of carbonyl (C=O) groups is 2. The van der Waals surface area contributed by atoms with E-state index >= 15 is 0 Å². The van der Waals surface area contributed by atoms with Crippen LogP contribution in [0.25, 0.3) is 10.8 Å². The first-order valence-corrected chi connectivity index (χ1v) is 10.9. The smallest absolute Gasteiger partial charge is 0.338 e. The molecule has 0 bridgehead atoms. The number of hydrogen-bond acceptors (Lipinski definition) is 5. The molecular weight excluding hydrogens is 366 g/mol. The van der Waals surface area contributed by atoms with Gasteiger partial charge in [-0.15, -0.1) is 0 Å². The van der Waals surface area contributed by atoms with E-state index < -0.39 is 15.8 Å². The van der Waals surface area contributed by atoms with E-state index in [1.54, 1.807) is 12.1 Å². The second-order valence-electron chi connectivity index (χ2n) is 6.78. The van der Waals surface area contributed by atoms with Gasteiger partial charge in [-0.2, -0.15) is 0 Å². The molecule has 1 fully saturated rings. The molecule has 2 aromatic carbocycles. The van der Waals surface area contributed by atoms with Gasteiger partial charge in [-0.1, -0.05) is 37.3 Å². The monoisotopic (exact) mass is 389 g/mol. The van der Waals surface area contributed by atoms with Crippen LogP contribution in [0.4, 0.5) is 0 Å².